The Labute approximate surface area is 177 Å². The molecule has 2 aromatic carbocycles. The molecule has 0 saturated carbocycles. The summed E-state index contributed by atoms with van der Waals surface area (Å²) in [6, 6.07) is 15.6. The second-order valence-electron chi connectivity index (χ2n) is 7.70. The molecular weight excluding hydrogens is 380 g/mol. The third-order valence-electron chi connectivity index (χ3n) is 5.79. The van der Waals surface area contributed by atoms with Crippen LogP contribution in [0.5, 0.6) is 5.75 Å². The van der Waals surface area contributed by atoms with Crippen molar-refractivity contribution in [3.05, 3.63) is 54.1 Å². The number of anilines is 2. The van der Waals surface area contributed by atoms with E-state index in [4.69, 9.17) is 4.74 Å². The van der Waals surface area contributed by atoms with Gasteiger partial charge in [0.15, 0.2) is 0 Å². The van der Waals surface area contributed by atoms with Gasteiger partial charge in [0.25, 0.3) is 5.91 Å². The lowest BCUT2D eigenvalue weighted by molar-refractivity contribution is 0.0303. The molecule has 7 nitrogen and oxygen atoms in total. The van der Waals surface area contributed by atoms with E-state index >= 15 is 0 Å². The van der Waals surface area contributed by atoms with Gasteiger partial charge in [-0.15, -0.1) is 0 Å². The summed E-state index contributed by atoms with van der Waals surface area (Å²) in [5.74, 6) is 0.0520. The van der Waals surface area contributed by atoms with Crippen molar-refractivity contribution in [1.82, 2.24) is 9.80 Å². The summed E-state index contributed by atoms with van der Waals surface area (Å²) in [6.07, 6.45) is 0. The third-order valence-corrected chi connectivity index (χ3v) is 5.79. The lowest BCUT2D eigenvalue weighted by Crippen LogP contribution is -2.47. The largest absolute Gasteiger partial charge is 0.506 e. The smallest absolute Gasteiger partial charge is 0.256 e. The molecule has 2 aromatic rings. The third kappa shape index (κ3) is 4.86. The van der Waals surface area contributed by atoms with Crippen molar-refractivity contribution >= 4 is 17.3 Å². The summed E-state index contributed by atoms with van der Waals surface area (Å²) in [5.41, 5.74) is 2.32. The summed E-state index contributed by atoms with van der Waals surface area (Å²) in [5, 5.41) is 13.7. The van der Waals surface area contributed by atoms with Gasteiger partial charge >= 0.3 is 0 Å². The van der Waals surface area contributed by atoms with E-state index in [0.29, 0.717) is 44.1 Å². The summed E-state index contributed by atoms with van der Waals surface area (Å²) in [4.78, 5) is 19.5. The predicted octanol–water partition coefficient (Wildman–Crippen LogP) is 2.10. The first-order chi connectivity index (χ1) is 14.7. The number of benzene rings is 2. The number of hydrogen-bond donors (Lipinski definition) is 2. The molecule has 2 heterocycles. The SMILES string of the molecule is O=C(c1cccc(O)c1NCCN1CCN(c2ccccc2)CC1)N1CCOCC1. The minimum Gasteiger partial charge on any atom is -0.506 e. The van der Waals surface area contributed by atoms with Crippen LogP contribution in [0.4, 0.5) is 11.4 Å². The number of morpholine rings is 1. The Morgan fingerprint density at radius 3 is 2.40 bits per heavy atom. The number of amides is 1. The average Bonchev–Trinajstić information content (AvgIpc) is 2.81. The number of phenolic OH excluding ortho intramolecular Hbond substituents is 1. The number of phenols is 1. The van der Waals surface area contributed by atoms with Crippen LogP contribution >= 0.6 is 0 Å². The maximum absolute atomic E-state index is 12.9. The second-order valence-corrected chi connectivity index (χ2v) is 7.70. The first kappa shape index (κ1) is 20.5. The summed E-state index contributed by atoms with van der Waals surface area (Å²) in [7, 11) is 0. The van der Waals surface area contributed by atoms with Crippen LogP contribution in [0.15, 0.2) is 48.5 Å². The quantitative estimate of drug-likeness (QED) is 0.711. The Balaban J connectivity index is 1.31. The van der Waals surface area contributed by atoms with E-state index < -0.39 is 0 Å². The topological polar surface area (TPSA) is 68.3 Å². The zero-order valence-corrected chi connectivity index (χ0v) is 17.3. The fourth-order valence-electron chi connectivity index (χ4n) is 4.05. The molecule has 0 unspecified atom stereocenters. The van der Waals surface area contributed by atoms with Crippen LogP contribution in [0, 0.1) is 0 Å². The van der Waals surface area contributed by atoms with Gasteiger partial charge in [0.2, 0.25) is 0 Å². The molecular formula is C23H30N4O3. The van der Waals surface area contributed by atoms with Gasteiger partial charge in [0, 0.05) is 58.0 Å². The summed E-state index contributed by atoms with van der Waals surface area (Å²) < 4.78 is 5.34. The van der Waals surface area contributed by atoms with Gasteiger partial charge < -0.3 is 25.0 Å². The fraction of sp³-hybridized carbons (Fsp3) is 0.435. The molecule has 4 rings (SSSR count). The highest BCUT2D eigenvalue weighted by atomic mass is 16.5. The first-order valence-electron chi connectivity index (χ1n) is 10.7. The average molecular weight is 411 g/mol. The number of rotatable bonds is 6. The Bertz CT molecular complexity index is 832. The van der Waals surface area contributed by atoms with Crippen molar-refractivity contribution in [3.8, 4) is 5.75 Å². The fourth-order valence-corrected chi connectivity index (χ4v) is 4.05. The molecule has 0 radical (unpaired) electrons. The van der Waals surface area contributed by atoms with Crippen molar-refractivity contribution in [2.45, 2.75) is 0 Å². The van der Waals surface area contributed by atoms with Gasteiger partial charge in [-0.05, 0) is 24.3 Å². The predicted molar refractivity (Wildman–Crippen MR) is 118 cm³/mol. The Hall–Kier alpha value is -2.77. The standard InChI is InChI=1S/C23H30N4O3/c28-21-8-4-7-20(23(29)27-15-17-30-18-16-27)22(21)24-9-10-25-11-13-26(14-12-25)19-5-2-1-3-6-19/h1-8,24,28H,9-18H2. The van der Waals surface area contributed by atoms with Crippen LogP contribution < -0.4 is 10.2 Å². The molecule has 7 heteroatoms. The van der Waals surface area contributed by atoms with Gasteiger partial charge in [-0.1, -0.05) is 24.3 Å². The van der Waals surface area contributed by atoms with Gasteiger partial charge in [0.1, 0.15) is 5.75 Å². The number of nitrogens with one attached hydrogen (secondary N) is 1. The van der Waals surface area contributed by atoms with Crippen LogP contribution in [0.3, 0.4) is 0 Å². The normalized spacial score (nSPS) is 17.7. The van der Waals surface area contributed by atoms with Crippen LogP contribution in [0.25, 0.3) is 0 Å². The number of carbonyl (C=O) groups is 1. The number of para-hydroxylation sites is 2. The molecule has 0 aromatic heterocycles. The number of ether oxygens (including phenoxy) is 1. The van der Waals surface area contributed by atoms with E-state index in [0.717, 1.165) is 32.7 Å². The van der Waals surface area contributed by atoms with Crippen LogP contribution in [-0.4, -0.2) is 86.4 Å². The molecule has 0 atom stereocenters. The molecule has 160 valence electrons. The van der Waals surface area contributed by atoms with E-state index in [-0.39, 0.29) is 11.7 Å². The number of piperazine rings is 1. The minimum absolute atomic E-state index is 0.0619. The molecule has 1 amide bonds. The van der Waals surface area contributed by atoms with Gasteiger partial charge in [-0.25, -0.2) is 0 Å². The number of nitrogens with zero attached hydrogens (tertiary/aromatic N) is 3. The lowest BCUT2D eigenvalue weighted by Gasteiger charge is -2.36. The van der Waals surface area contributed by atoms with Crippen molar-refractivity contribution in [3.63, 3.8) is 0 Å². The number of aromatic hydroxyl groups is 1. The molecule has 2 aliphatic heterocycles. The van der Waals surface area contributed by atoms with Gasteiger partial charge in [-0.3, -0.25) is 9.69 Å². The molecule has 0 aliphatic carbocycles. The molecule has 2 N–H and O–H groups in total. The van der Waals surface area contributed by atoms with E-state index in [1.165, 1.54) is 5.69 Å². The Kier molecular flexibility index (Phi) is 6.71. The van der Waals surface area contributed by atoms with Crippen molar-refractivity contribution in [2.75, 3.05) is 75.8 Å². The van der Waals surface area contributed by atoms with Crippen molar-refractivity contribution in [1.29, 1.82) is 0 Å². The molecule has 0 bridgehead atoms. The van der Waals surface area contributed by atoms with E-state index in [1.807, 2.05) is 6.07 Å². The monoisotopic (exact) mass is 410 g/mol. The number of hydrogen-bond acceptors (Lipinski definition) is 6. The summed E-state index contributed by atoms with van der Waals surface area (Å²) in [6.45, 7) is 7.81. The molecule has 2 saturated heterocycles. The first-order valence-corrected chi connectivity index (χ1v) is 10.7. The van der Waals surface area contributed by atoms with E-state index in [2.05, 4.69) is 39.4 Å². The number of carbonyl (C=O) groups excluding carboxylic acids is 1. The Morgan fingerprint density at radius 1 is 0.933 bits per heavy atom. The highest BCUT2D eigenvalue weighted by molar-refractivity contribution is 6.01. The van der Waals surface area contributed by atoms with Crippen LogP contribution in [0.2, 0.25) is 0 Å². The van der Waals surface area contributed by atoms with Gasteiger partial charge in [0.05, 0.1) is 24.5 Å². The van der Waals surface area contributed by atoms with E-state index in [1.54, 1.807) is 23.1 Å². The van der Waals surface area contributed by atoms with Gasteiger partial charge in [-0.2, -0.15) is 0 Å². The molecule has 0 spiro atoms. The maximum atomic E-state index is 12.9. The molecule has 2 fully saturated rings. The summed E-state index contributed by atoms with van der Waals surface area (Å²) >= 11 is 0. The van der Waals surface area contributed by atoms with Crippen molar-refractivity contribution < 1.29 is 14.6 Å². The van der Waals surface area contributed by atoms with Crippen LogP contribution in [0.1, 0.15) is 10.4 Å². The van der Waals surface area contributed by atoms with Crippen LogP contribution in [-0.2, 0) is 4.74 Å². The second kappa shape index (κ2) is 9.82. The Morgan fingerprint density at radius 2 is 1.67 bits per heavy atom. The zero-order chi connectivity index (χ0) is 20.8. The minimum atomic E-state index is -0.0619. The van der Waals surface area contributed by atoms with E-state index in [9.17, 15) is 9.90 Å². The lowest BCUT2D eigenvalue weighted by atomic mass is 10.1. The molecule has 2 aliphatic rings. The van der Waals surface area contributed by atoms with Crippen molar-refractivity contribution in [2.24, 2.45) is 0 Å². The maximum Gasteiger partial charge on any atom is 0.256 e. The zero-order valence-electron chi connectivity index (χ0n) is 17.3. The highest BCUT2D eigenvalue weighted by Crippen LogP contribution is 2.28. The highest BCUT2D eigenvalue weighted by Gasteiger charge is 2.23. The molecule has 30 heavy (non-hydrogen) atoms.